The van der Waals surface area contributed by atoms with Crippen LogP contribution in [0.2, 0.25) is 0 Å². The van der Waals surface area contributed by atoms with Gasteiger partial charge in [0.1, 0.15) is 5.56 Å². The van der Waals surface area contributed by atoms with E-state index in [9.17, 15) is 4.79 Å². The Morgan fingerprint density at radius 1 is 1.00 bits per heavy atom. The van der Waals surface area contributed by atoms with Crippen LogP contribution in [-0.2, 0) is 0 Å². The van der Waals surface area contributed by atoms with E-state index in [-0.39, 0.29) is 5.91 Å². The van der Waals surface area contributed by atoms with Crippen molar-refractivity contribution in [1.82, 2.24) is 19.9 Å². The lowest BCUT2D eigenvalue weighted by atomic mass is 10.1. The van der Waals surface area contributed by atoms with Crippen LogP contribution in [-0.4, -0.2) is 27.0 Å². The fourth-order valence-corrected chi connectivity index (χ4v) is 3.17. The molecule has 4 rings (SSSR count). The summed E-state index contributed by atoms with van der Waals surface area (Å²) in [6, 6.07) is 22.0. The number of aromatic nitrogens is 3. The quantitative estimate of drug-likeness (QED) is 0.505. The number of carbonyl (C=O) groups is 1. The summed E-state index contributed by atoms with van der Waals surface area (Å²) in [6.45, 7) is 2.75. The summed E-state index contributed by atoms with van der Waals surface area (Å²) in [5, 5.41) is 7.44. The molecule has 1 N–H and O–H groups in total. The van der Waals surface area contributed by atoms with Crippen LogP contribution in [0.15, 0.2) is 72.9 Å². The Balaban J connectivity index is 1.87. The van der Waals surface area contributed by atoms with Crippen LogP contribution in [0, 0.1) is 0 Å². The number of nitrogens with zero attached hydrogens (tertiary/aromatic N) is 3. The molecule has 2 aromatic carbocycles. The third-order valence-electron chi connectivity index (χ3n) is 4.67. The first kappa shape index (κ1) is 17.9. The molecule has 5 heteroatoms. The zero-order chi connectivity index (χ0) is 19.3. The minimum absolute atomic E-state index is 0.139. The molecule has 0 atom stereocenters. The van der Waals surface area contributed by atoms with Gasteiger partial charge in [0.25, 0.3) is 5.91 Å². The van der Waals surface area contributed by atoms with E-state index in [2.05, 4.69) is 17.3 Å². The summed E-state index contributed by atoms with van der Waals surface area (Å²) in [6.07, 6.45) is 3.58. The van der Waals surface area contributed by atoms with E-state index < -0.39 is 0 Å². The zero-order valence-corrected chi connectivity index (χ0v) is 15.8. The number of carbonyl (C=O) groups excluding carboxylic acids is 1. The average molecular weight is 370 g/mol. The number of nitrogens with one attached hydrogen (secondary N) is 1. The molecule has 2 heterocycles. The van der Waals surface area contributed by atoms with E-state index in [0.29, 0.717) is 17.8 Å². The van der Waals surface area contributed by atoms with Gasteiger partial charge in [-0.05, 0) is 12.5 Å². The number of unbranched alkanes of at least 4 members (excludes halogenated alkanes) is 1. The van der Waals surface area contributed by atoms with Gasteiger partial charge < -0.3 is 5.32 Å². The van der Waals surface area contributed by atoms with E-state index in [0.717, 1.165) is 35.4 Å². The van der Waals surface area contributed by atoms with Gasteiger partial charge >= 0.3 is 0 Å². The third kappa shape index (κ3) is 3.51. The second kappa shape index (κ2) is 8.05. The average Bonchev–Trinajstić information content (AvgIpc) is 3.18. The first-order valence-corrected chi connectivity index (χ1v) is 9.55. The van der Waals surface area contributed by atoms with E-state index in [4.69, 9.17) is 4.98 Å². The van der Waals surface area contributed by atoms with Gasteiger partial charge in [-0.3, -0.25) is 4.79 Å². The number of rotatable bonds is 6. The fourth-order valence-electron chi connectivity index (χ4n) is 3.17. The van der Waals surface area contributed by atoms with Crippen LogP contribution in [0.25, 0.3) is 28.2 Å². The Morgan fingerprint density at radius 2 is 1.68 bits per heavy atom. The molecule has 0 saturated heterocycles. The van der Waals surface area contributed by atoms with Crippen molar-refractivity contribution in [2.24, 2.45) is 0 Å². The van der Waals surface area contributed by atoms with Crippen molar-refractivity contribution < 1.29 is 4.79 Å². The lowest BCUT2D eigenvalue weighted by Crippen LogP contribution is -2.24. The SMILES string of the molecule is CCCCNC(=O)c1cnn2c(-c3ccccc3)cc(-c3ccccc3)nc12. The van der Waals surface area contributed by atoms with Gasteiger partial charge in [0.05, 0.1) is 17.6 Å². The summed E-state index contributed by atoms with van der Waals surface area (Å²) in [5.41, 5.74) is 4.79. The van der Waals surface area contributed by atoms with Crippen molar-refractivity contribution in [2.45, 2.75) is 19.8 Å². The molecule has 4 aromatic rings. The van der Waals surface area contributed by atoms with E-state index in [1.807, 2.05) is 66.7 Å². The van der Waals surface area contributed by atoms with Crippen LogP contribution in [0.4, 0.5) is 0 Å². The van der Waals surface area contributed by atoms with Crippen molar-refractivity contribution >= 4 is 11.6 Å². The van der Waals surface area contributed by atoms with Crippen molar-refractivity contribution in [3.8, 4) is 22.5 Å². The topological polar surface area (TPSA) is 59.3 Å². The Kier molecular flexibility index (Phi) is 5.15. The summed E-state index contributed by atoms with van der Waals surface area (Å²) < 4.78 is 1.75. The Labute approximate surface area is 164 Å². The molecule has 1 amide bonds. The number of amides is 1. The molecule has 0 radical (unpaired) electrons. The Hall–Kier alpha value is -3.47. The second-order valence-corrected chi connectivity index (χ2v) is 6.66. The highest BCUT2D eigenvalue weighted by Crippen LogP contribution is 2.27. The Morgan fingerprint density at radius 3 is 2.36 bits per heavy atom. The highest BCUT2D eigenvalue weighted by molar-refractivity contribution is 6.00. The molecule has 0 aliphatic heterocycles. The van der Waals surface area contributed by atoms with Crippen molar-refractivity contribution in [3.63, 3.8) is 0 Å². The summed E-state index contributed by atoms with van der Waals surface area (Å²) in [4.78, 5) is 17.5. The van der Waals surface area contributed by atoms with E-state index in [1.54, 1.807) is 10.7 Å². The van der Waals surface area contributed by atoms with Gasteiger partial charge in [-0.2, -0.15) is 5.10 Å². The lowest BCUT2D eigenvalue weighted by Gasteiger charge is -2.09. The number of benzene rings is 2. The van der Waals surface area contributed by atoms with Crippen LogP contribution >= 0.6 is 0 Å². The monoisotopic (exact) mass is 370 g/mol. The third-order valence-corrected chi connectivity index (χ3v) is 4.67. The van der Waals surface area contributed by atoms with Gasteiger partial charge in [0, 0.05) is 17.7 Å². The molecule has 0 fully saturated rings. The molecule has 0 aliphatic rings. The maximum atomic E-state index is 12.7. The number of hydrogen-bond acceptors (Lipinski definition) is 3. The predicted molar refractivity (Wildman–Crippen MR) is 111 cm³/mol. The van der Waals surface area contributed by atoms with Crippen LogP contribution in [0.3, 0.4) is 0 Å². The van der Waals surface area contributed by atoms with E-state index >= 15 is 0 Å². The predicted octanol–water partition coefficient (Wildman–Crippen LogP) is 4.59. The van der Waals surface area contributed by atoms with Gasteiger partial charge in [-0.1, -0.05) is 74.0 Å². The standard InChI is InChI=1S/C23H22N4O/c1-2-3-14-24-23(28)19-16-25-27-21(18-12-8-5-9-13-18)15-20(26-22(19)27)17-10-6-4-7-11-17/h4-13,15-16H,2-3,14H2,1H3,(H,24,28). The fraction of sp³-hybridized carbons (Fsp3) is 0.174. The van der Waals surface area contributed by atoms with Crippen LogP contribution in [0.5, 0.6) is 0 Å². The number of hydrogen-bond donors (Lipinski definition) is 1. The molecule has 2 aromatic heterocycles. The van der Waals surface area contributed by atoms with Crippen LogP contribution in [0.1, 0.15) is 30.1 Å². The normalized spacial score (nSPS) is 10.9. The van der Waals surface area contributed by atoms with Gasteiger partial charge in [-0.25, -0.2) is 9.50 Å². The maximum absolute atomic E-state index is 12.7. The highest BCUT2D eigenvalue weighted by atomic mass is 16.1. The first-order chi connectivity index (χ1) is 13.8. The summed E-state index contributed by atoms with van der Waals surface area (Å²) in [5.74, 6) is -0.139. The summed E-state index contributed by atoms with van der Waals surface area (Å²) >= 11 is 0. The molecule has 0 saturated carbocycles. The molecule has 140 valence electrons. The van der Waals surface area contributed by atoms with Gasteiger partial charge in [-0.15, -0.1) is 0 Å². The lowest BCUT2D eigenvalue weighted by molar-refractivity contribution is 0.0954. The van der Waals surface area contributed by atoms with Crippen LogP contribution < -0.4 is 5.32 Å². The smallest absolute Gasteiger partial charge is 0.256 e. The molecular weight excluding hydrogens is 348 g/mol. The molecule has 0 unspecified atom stereocenters. The molecule has 0 spiro atoms. The number of fused-ring (bicyclic) bond motifs is 1. The molecule has 0 bridgehead atoms. The van der Waals surface area contributed by atoms with Crippen molar-refractivity contribution in [1.29, 1.82) is 0 Å². The molecular formula is C23H22N4O. The first-order valence-electron chi connectivity index (χ1n) is 9.55. The Bertz CT molecular complexity index is 1090. The van der Waals surface area contributed by atoms with Crippen molar-refractivity contribution in [3.05, 3.63) is 78.5 Å². The molecule has 28 heavy (non-hydrogen) atoms. The largest absolute Gasteiger partial charge is 0.352 e. The zero-order valence-electron chi connectivity index (χ0n) is 15.8. The van der Waals surface area contributed by atoms with Gasteiger partial charge in [0.15, 0.2) is 5.65 Å². The minimum Gasteiger partial charge on any atom is -0.352 e. The van der Waals surface area contributed by atoms with Crippen molar-refractivity contribution in [2.75, 3.05) is 6.54 Å². The minimum atomic E-state index is -0.139. The highest BCUT2D eigenvalue weighted by Gasteiger charge is 2.18. The maximum Gasteiger partial charge on any atom is 0.256 e. The van der Waals surface area contributed by atoms with E-state index in [1.165, 1.54) is 0 Å². The van der Waals surface area contributed by atoms with Gasteiger partial charge in [0.2, 0.25) is 0 Å². The molecule has 5 nitrogen and oxygen atoms in total. The summed E-state index contributed by atoms with van der Waals surface area (Å²) in [7, 11) is 0. The molecule has 0 aliphatic carbocycles. The second-order valence-electron chi connectivity index (χ2n) is 6.66.